The first-order valence-corrected chi connectivity index (χ1v) is 18.0. The number of aliphatic carboxylic acids is 1. The van der Waals surface area contributed by atoms with Gasteiger partial charge in [-0.1, -0.05) is 42.8 Å². The monoisotopic (exact) mass is 678 g/mol. The highest BCUT2D eigenvalue weighted by Gasteiger charge is 2.31. The lowest BCUT2D eigenvalue weighted by Crippen LogP contribution is -2.37. The van der Waals surface area contributed by atoms with Crippen molar-refractivity contribution in [3.05, 3.63) is 82.6 Å². The van der Waals surface area contributed by atoms with Crippen molar-refractivity contribution >= 4 is 43.5 Å². The highest BCUT2D eigenvalue weighted by Crippen LogP contribution is 2.33. The maximum Gasteiger partial charge on any atom is 0.304 e. The van der Waals surface area contributed by atoms with E-state index in [2.05, 4.69) is 15.0 Å². The van der Waals surface area contributed by atoms with E-state index < -0.39 is 43.7 Å². The predicted octanol–water partition coefficient (Wildman–Crippen LogP) is 4.32. The number of aromatic nitrogens is 1. The molecule has 0 aliphatic rings. The Hall–Kier alpha value is -3.36. The molecule has 0 spiro atoms. The van der Waals surface area contributed by atoms with Gasteiger partial charge in [-0.15, -0.1) is 0 Å². The van der Waals surface area contributed by atoms with Gasteiger partial charge in [0.25, 0.3) is 0 Å². The zero-order chi connectivity index (χ0) is 33.2. The maximum atomic E-state index is 14.1. The number of nitrogens with zero attached hydrogens (tertiary/aromatic N) is 2. The number of carboxylic acid groups (broad SMARTS) is 1. The molecule has 14 heteroatoms. The lowest BCUT2D eigenvalue weighted by Gasteiger charge is -2.30. The van der Waals surface area contributed by atoms with E-state index in [9.17, 15) is 26.4 Å². The topological polar surface area (TPSA) is 163 Å². The second-order valence-corrected chi connectivity index (χ2v) is 14.7. The summed E-state index contributed by atoms with van der Waals surface area (Å²) in [5, 5.41) is 11.5. The van der Waals surface area contributed by atoms with Crippen molar-refractivity contribution in [1.29, 1.82) is 0 Å². The lowest BCUT2D eigenvalue weighted by molar-refractivity contribution is -0.136. The molecule has 1 aromatic heterocycles. The number of carbonyl (C=O) groups is 2. The standard InChI is InChI=1S/C31H39ClN4O7S2/c1-4-24-21-33-15-13-27(24)26-9-5-8-25(20-26)23(3)36(45(42,43)29-11-6-10-28(32)22(29)2)18-7-12-30(37)34-17-19-44(40,41)35-16-14-31(38)39/h5-6,8-11,13,15,20-21,23,35H,4,7,12,14,16-19H2,1-3H3,(H,34,37)(H,38,39)/t23-/m0/s1. The second kappa shape index (κ2) is 16.3. The van der Waals surface area contributed by atoms with Crippen molar-refractivity contribution < 1.29 is 31.5 Å². The minimum absolute atomic E-state index is 0.0115. The average molecular weight is 679 g/mol. The zero-order valence-electron chi connectivity index (χ0n) is 25.5. The van der Waals surface area contributed by atoms with Crippen LogP contribution < -0.4 is 10.0 Å². The molecule has 1 atom stereocenters. The molecule has 1 amide bonds. The molecule has 0 aliphatic heterocycles. The fourth-order valence-electron chi connectivity index (χ4n) is 4.83. The Bertz CT molecular complexity index is 1720. The Balaban J connectivity index is 1.79. The largest absolute Gasteiger partial charge is 0.481 e. The molecule has 244 valence electrons. The third-order valence-electron chi connectivity index (χ3n) is 7.34. The zero-order valence-corrected chi connectivity index (χ0v) is 27.9. The summed E-state index contributed by atoms with van der Waals surface area (Å²) in [6.07, 6.45) is 4.10. The number of amides is 1. The molecule has 1 heterocycles. The number of aryl methyl sites for hydroxylation is 1. The summed E-state index contributed by atoms with van der Waals surface area (Å²) in [6, 6.07) is 13.7. The van der Waals surface area contributed by atoms with Gasteiger partial charge in [-0.2, -0.15) is 4.31 Å². The van der Waals surface area contributed by atoms with Gasteiger partial charge < -0.3 is 10.4 Å². The van der Waals surface area contributed by atoms with Crippen LogP contribution in [0.3, 0.4) is 0 Å². The minimum atomic E-state index is -4.06. The molecule has 45 heavy (non-hydrogen) atoms. The Morgan fingerprint density at radius 3 is 2.49 bits per heavy atom. The van der Waals surface area contributed by atoms with E-state index in [0.717, 1.165) is 28.7 Å². The van der Waals surface area contributed by atoms with Gasteiger partial charge in [0.05, 0.1) is 17.1 Å². The molecule has 0 radical (unpaired) electrons. The van der Waals surface area contributed by atoms with Crippen molar-refractivity contribution in [1.82, 2.24) is 19.3 Å². The third-order valence-corrected chi connectivity index (χ3v) is 11.2. The summed E-state index contributed by atoms with van der Waals surface area (Å²) < 4.78 is 55.8. The van der Waals surface area contributed by atoms with Crippen molar-refractivity contribution in [3.8, 4) is 11.1 Å². The number of carboxylic acids is 1. The van der Waals surface area contributed by atoms with E-state index in [-0.39, 0.29) is 43.8 Å². The fraction of sp³-hybridized carbons (Fsp3) is 0.387. The van der Waals surface area contributed by atoms with Gasteiger partial charge in [0.2, 0.25) is 26.0 Å². The highest BCUT2D eigenvalue weighted by atomic mass is 35.5. The number of nitrogens with one attached hydrogen (secondary N) is 2. The van der Waals surface area contributed by atoms with Crippen molar-refractivity contribution in [3.63, 3.8) is 0 Å². The van der Waals surface area contributed by atoms with Crippen molar-refractivity contribution in [2.24, 2.45) is 0 Å². The predicted molar refractivity (Wildman–Crippen MR) is 174 cm³/mol. The highest BCUT2D eigenvalue weighted by molar-refractivity contribution is 7.89. The quantitative estimate of drug-likeness (QED) is 0.190. The van der Waals surface area contributed by atoms with Crippen LogP contribution in [0.2, 0.25) is 5.02 Å². The van der Waals surface area contributed by atoms with Gasteiger partial charge >= 0.3 is 5.97 Å². The van der Waals surface area contributed by atoms with Gasteiger partial charge in [-0.25, -0.2) is 21.6 Å². The number of hydrogen-bond donors (Lipinski definition) is 3. The number of hydrogen-bond acceptors (Lipinski definition) is 7. The minimum Gasteiger partial charge on any atom is -0.481 e. The van der Waals surface area contributed by atoms with Gasteiger partial charge in [-0.3, -0.25) is 14.6 Å². The van der Waals surface area contributed by atoms with Crippen LogP contribution in [-0.4, -0.2) is 68.5 Å². The number of pyridine rings is 1. The SMILES string of the molecule is CCc1cnccc1-c1cccc([C@H](C)N(CCCC(=O)NCCS(=O)(=O)NCCC(=O)O)S(=O)(=O)c2cccc(Cl)c2C)c1. The van der Waals surface area contributed by atoms with E-state index in [1.165, 1.54) is 10.4 Å². The van der Waals surface area contributed by atoms with Crippen LogP contribution in [0, 0.1) is 6.92 Å². The molecule has 0 aliphatic carbocycles. The Kier molecular flexibility index (Phi) is 13.1. The first kappa shape index (κ1) is 36.1. The first-order valence-electron chi connectivity index (χ1n) is 14.5. The van der Waals surface area contributed by atoms with Crippen LogP contribution in [-0.2, 0) is 36.1 Å². The number of carbonyl (C=O) groups excluding carboxylic acids is 1. The van der Waals surface area contributed by atoms with E-state index in [1.807, 2.05) is 43.5 Å². The van der Waals surface area contributed by atoms with Gasteiger partial charge in [0, 0.05) is 49.5 Å². The molecule has 0 unspecified atom stereocenters. The second-order valence-electron chi connectivity index (χ2n) is 10.5. The maximum absolute atomic E-state index is 14.1. The molecule has 0 saturated carbocycles. The normalized spacial score (nSPS) is 12.6. The molecule has 11 nitrogen and oxygen atoms in total. The Labute approximate surface area is 270 Å². The molecule has 3 N–H and O–H groups in total. The molecule has 0 bridgehead atoms. The Morgan fingerprint density at radius 1 is 1.04 bits per heavy atom. The van der Waals surface area contributed by atoms with E-state index in [4.69, 9.17) is 16.7 Å². The number of benzene rings is 2. The summed E-state index contributed by atoms with van der Waals surface area (Å²) in [5.41, 5.74) is 4.19. The van der Waals surface area contributed by atoms with Crippen molar-refractivity contribution in [2.75, 3.05) is 25.4 Å². The molecule has 0 fully saturated rings. The Morgan fingerprint density at radius 2 is 1.78 bits per heavy atom. The van der Waals surface area contributed by atoms with Gasteiger partial charge in [0.1, 0.15) is 0 Å². The summed E-state index contributed by atoms with van der Waals surface area (Å²) in [6.45, 7) is 5.08. The van der Waals surface area contributed by atoms with Crippen LogP contribution in [0.4, 0.5) is 0 Å². The molecule has 3 aromatic rings. The molecular weight excluding hydrogens is 640 g/mol. The van der Waals surface area contributed by atoms with Gasteiger partial charge in [0.15, 0.2) is 0 Å². The number of rotatable bonds is 17. The smallest absolute Gasteiger partial charge is 0.304 e. The van der Waals surface area contributed by atoms with Gasteiger partial charge in [-0.05, 0) is 78.8 Å². The first-order chi connectivity index (χ1) is 21.3. The summed E-state index contributed by atoms with van der Waals surface area (Å²) in [4.78, 5) is 27.4. The number of halogens is 1. The summed E-state index contributed by atoms with van der Waals surface area (Å²) in [5.74, 6) is -1.99. The van der Waals surface area contributed by atoms with Crippen LogP contribution in [0.5, 0.6) is 0 Å². The lowest BCUT2D eigenvalue weighted by atomic mass is 9.97. The number of sulfonamides is 2. The van der Waals surface area contributed by atoms with Crippen molar-refractivity contribution in [2.45, 2.75) is 57.4 Å². The average Bonchev–Trinajstić information content (AvgIpc) is 2.99. The van der Waals surface area contributed by atoms with E-state index >= 15 is 0 Å². The fourth-order valence-corrected chi connectivity index (χ4v) is 7.90. The molecule has 2 aromatic carbocycles. The summed E-state index contributed by atoms with van der Waals surface area (Å²) in [7, 11) is -7.83. The van der Waals surface area contributed by atoms with Crippen LogP contribution >= 0.6 is 11.6 Å². The molecular formula is C31H39ClN4O7S2. The van der Waals surface area contributed by atoms with Crippen LogP contribution in [0.15, 0.2) is 65.8 Å². The molecule has 0 saturated heterocycles. The van der Waals surface area contributed by atoms with Crippen LogP contribution in [0.25, 0.3) is 11.1 Å². The van der Waals surface area contributed by atoms with E-state index in [1.54, 1.807) is 32.2 Å². The summed E-state index contributed by atoms with van der Waals surface area (Å²) >= 11 is 6.29. The molecule has 3 rings (SSSR count). The third kappa shape index (κ3) is 10.1. The van der Waals surface area contributed by atoms with E-state index in [0.29, 0.717) is 10.6 Å². The van der Waals surface area contributed by atoms with Crippen LogP contribution in [0.1, 0.15) is 55.8 Å².